The fourth-order valence-corrected chi connectivity index (χ4v) is 2.49. The Labute approximate surface area is 138 Å². The van der Waals surface area contributed by atoms with Crippen LogP contribution >= 0.6 is 12.4 Å². The van der Waals surface area contributed by atoms with Crippen LogP contribution in [0.4, 0.5) is 0 Å². The van der Waals surface area contributed by atoms with Crippen LogP contribution in [0.1, 0.15) is 30.1 Å². The van der Waals surface area contributed by atoms with E-state index in [1.54, 1.807) is 6.07 Å². The first-order chi connectivity index (χ1) is 10.2. The molecule has 2 N–H and O–H groups in total. The lowest BCUT2D eigenvalue weighted by atomic mass is 10.0. The van der Waals surface area contributed by atoms with Crippen molar-refractivity contribution in [3.05, 3.63) is 29.8 Å². The highest BCUT2D eigenvalue weighted by atomic mass is 35.5. The van der Waals surface area contributed by atoms with Crippen LogP contribution in [0.2, 0.25) is 0 Å². The quantitative estimate of drug-likeness (QED) is 0.812. The first kappa shape index (κ1) is 18.7. The van der Waals surface area contributed by atoms with E-state index in [0.29, 0.717) is 37.7 Å². The Hall–Kier alpha value is -1.30. The molecule has 0 radical (unpaired) electrons. The summed E-state index contributed by atoms with van der Waals surface area (Å²) in [5, 5.41) is 0. The van der Waals surface area contributed by atoms with Crippen molar-refractivity contribution in [2.75, 3.05) is 32.9 Å². The molecular weight excluding hydrogens is 304 g/mol. The molecule has 5 nitrogen and oxygen atoms in total. The highest BCUT2D eigenvalue weighted by Crippen LogP contribution is 2.21. The zero-order valence-corrected chi connectivity index (χ0v) is 13.8. The Bertz CT molecular complexity index is 470. The third-order valence-electron chi connectivity index (χ3n) is 3.55. The van der Waals surface area contributed by atoms with Gasteiger partial charge in [0.05, 0.1) is 12.2 Å². The van der Waals surface area contributed by atoms with Gasteiger partial charge in [-0.1, -0.05) is 12.1 Å². The third-order valence-corrected chi connectivity index (χ3v) is 3.55. The van der Waals surface area contributed by atoms with Crippen molar-refractivity contribution in [2.24, 2.45) is 5.73 Å². The first-order valence-corrected chi connectivity index (χ1v) is 7.56. The summed E-state index contributed by atoms with van der Waals surface area (Å²) in [5.74, 6) is 0.610. The lowest BCUT2D eigenvalue weighted by molar-refractivity contribution is 0.0699. The van der Waals surface area contributed by atoms with Gasteiger partial charge in [0.15, 0.2) is 0 Å². The predicted molar refractivity (Wildman–Crippen MR) is 88.8 cm³/mol. The van der Waals surface area contributed by atoms with Gasteiger partial charge in [0.25, 0.3) is 5.91 Å². The molecule has 0 aromatic heterocycles. The summed E-state index contributed by atoms with van der Waals surface area (Å²) in [4.78, 5) is 14.4. The minimum absolute atomic E-state index is 0. The van der Waals surface area contributed by atoms with Gasteiger partial charge in [0.1, 0.15) is 12.4 Å². The van der Waals surface area contributed by atoms with Gasteiger partial charge in [0, 0.05) is 25.7 Å². The molecule has 6 heteroatoms. The molecule has 1 aromatic carbocycles. The molecule has 22 heavy (non-hydrogen) atoms. The van der Waals surface area contributed by atoms with Crippen molar-refractivity contribution in [3.63, 3.8) is 0 Å². The summed E-state index contributed by atoms with van der Waals surface area (Å²) >= 11 is 0. The number of nitrogens with zero attached hydrogens (tertiary/aromatic N) is 1. The zero-order valence-electron chi connectivity index (χ0n) is 13.0. The largest absolute Gasteiger partial charge is 0.490 e. The smallest absolute Gasteiger partial charge is 0.257 e. The second kappa shape index (κ2) is 9.66. The number of halogens is 1. The molecule has 0 bridgehead atoms. The lowest BCUT2D eigenvalue weighted by Gasteiger charge is -2.31. The van der Waals surface area contributed by atoms with Crippen LogP contribution in [-0.2, 0) is 4.74 Å². The van der Waals surface area contributed by atoms with E-state index in [9.17, 15) is 4.79 Å². The van der Waals surface area contributed by atoms with Crippen LogP contribution < -0.4 is 10.5 Å². The summed E-state index contributed by atoms with van der Waals surface area (Å²) < 4.78 is 10.9. The van der Waals surface area contributed by atoms with Crippen molar-refractivity contribution in [1.29, 1.82) is 0 Å². The molecule has 2 rings (SSSR count). The molecule has 124 valence electrons. The molecule has 1 aliphatic heterocycles. The van der Waals surface area contributed by atoms with E-state index >= 15 is 0 Å². The maximum atomic E-state index is 12.6. The van der Waals surface area contributed by atoms with E-state index < -0.39 is 0 Å². The Morgan fingerprint density at radius 3 is 2.86 bits per heavy atom. The molecule has 1 amide bonds. The molecule has 1 aliphatic rings. The number of piperidine rings is 1. The number of nitrogens with two attached hydrogens (primary N) is 1. The van der Waals surface area contributed by atoms with Crippen LogP contribution in [0.3, 0.4) is 0 Å². The van der Waals surface area contributed by atoms with Gasteiger partial charge in [-0.2, -0.15) is 0 Å². The van der Waals surface area contributed by atoms with Gasteiger partial charge in [0.2, 0.25) is 0 Å². The molecular formula is C16H25ClN2O3. The van der Waals surface area contributed by atoms with Crippen molar-refractivity contribution in [1.82, 2.24) is 4.90 Å². The molecule has 1 fully saturated rings. The normalized spacial score (nSPS) is 17.7. The number of hydrogen-bond donors (Lipinski definition) is 1. The topological polar surface area (TPSA) is 64.8 Å². The fourth-order valence-electron chi connectivity index (χ4n) is 2.49. The number of likely N-dealkylation sites (tertiary alicyclic amines) is 1. The summed E-state index contributed by atoms with van der Waals surface area (Å²) in [6.45, 7) is 4.95. The van der Waals surface area contributed by atoms with Crippen LogP contribution in [0, 0.1) is 0 Å². The number of carbonyl (C=O) groups is 1. The molecule has 1 atom stereocenters. The number of amides is 1. The summed E-state index contributed by atoms with van der Waals surface area (Å²) in [6, 6.07) is 7.43. The number of ether oxygens (including phenoxy) is 2. The Morgan fingerprint density at radius 2 is 2.14 bits per heavy atom. The minimum atomic E-state index is -0.00263. The van der Waals surface area contributed by atoms with Crippen LogP contribution in [0.25, 0.3) is 0 Å². The highest BCUT2D eigenvalue weighted by molar-refractivity contribution is 5.97. The van der Waals surface area contributed by atoms with E-state index in [1.807, 2.05) is 30.0 Å². The highest BCUT2D eigenvalue weighted by Gasteiger charge is 2.24. The van der Waals surface area contributed by atoms with Gasteiger partial charge in [-0.25, -0.2) is 0 Å². The number of carbonyl (C=O) groups excluding carboxylic acids is 1. The predicted octanol–water partition coefficient (Wildman–Crippen LogP) is 2.09. The maximum Gasteiger partial charge on any atom is 0.257 e. The Morgan fingerprint density at radius 1 is 1.36 bits per heavy atom. The van der Waals surface area contributed by atoms with Crippen LogP contribution in [-0.4, -0.2) is 49.8 Å². The van der Waals surface area contributed by atoms with E-state index in [4.69, 9.17) is 15.2 Å². The molecule has 1 unspecified atom stereocenters. The number of hydrogen-bond acceptors (Lipinski definition) is 4. The van der Waals surface area contributed by atoms with Gasteiger partial charge >= 0.3 is 0 Å². The van der Waals surface area contributed by atoms with Gasteiger partial charge in [-0.3, -0.25) is 4.79 Å². The van der Waals surface area contributed by atoms with Crippen LogP contribution in [0.5, 0.6) is 5.75 Å². The molecule has 0 aliphatic carbocycles. The molecule has 1 aromatic rings. The summed E-state index contributed by atoms with van der Waals surface area (Å²) in [7, 11) is 0. The Kier molecular flexibility index (Phi) is 8.24. The summed E-state index contributed by atoms with van der Waals surface area (Å²) in [6.07, 6.45) is 1.94. The first-order valence-electron chi connectivity index (χ1n) is 7.56. The van der Waals surface area contributed by atoms with Crippen molar-refractivity contribution < 1.29 is 14.3 Å². The second-order valence-corrected chi connectivity index (χ2v) is 5.20. The molecule has 1 heterocycles. The number of benzene rings is 1. The third kappa shape index (κ3) is 5.16. The zero-order chi connectivity index (χ0) is 15.1. The fraction of sp³-hybridized carbons (Fsp3) is 0.562. The monoisotopic (exact) mass is 328 g/mol. The van der Waals surface area contributed by atoms with Gasteiger partial charge in [-0.05, 0) is 31.9 Å². The average molecular weight is 329 g/mol. The minimum Gasteiger partial charge on any atom is -0.490 e. The van der Waals surface area contributed by atoms with Gasteiger partial charge in [-0.15, -0.1) is 12.4 Å². The van der Waals surface area contributed by atoms with Crippen molar-refractivity contribution in [2.45, 2.75) is 25.8 Å². The number of para-hydroxylation sites is 1. The van der Waals surface area contributed by atoms with Crippen molar-refractivity contribution >= 4 is 18.3 Å². The molecule has 0 spiro atoms. The molecule has 0 saturated carbocycles. The van der Waals surface area contributed by atoms with Gasteiger partial charge < -0.3 is 20.1 Å². The standard InChI is InChI=1S/C16H24N2O3.ClH/c1-2-20-10-11-21-15-8-4-3-7-14(15)16(19)18-9-5-6-13(17)12-18;/h3-4,7-8,13H,2,5-6,9-12,17H2,1H3;1H. The molecule has 1 saturated heterocycles. The lowest BCUT2D eigenvalue weighted by Crippen LogP contribution is -2.45. The summed E-state index contributed by atoms with van der Waals surface area (Å²) in [5.41, 5.74) is 6.55. The van der Waals surface area contributed by atoms with E-state index in [2.05, 4.69) is 0 Å². The Balaban J connectivity index is 0.00000242. The number of rotatable bonds is 6. The SMILES string of the molecule is CCOCCOc1ccccc1C(=O)N1CCCC(N)C1.Cl. The maximum absolute atomic E-state index is 12.6. The van der Waals surface area contributed by atoms with E-state index in [0.717, 1.165) is 19.4 Å². The van der Waals surface area contributed by atoms with E-state index in [1.165, 1.54) is 0 Å². The second-order valence-electron chi connectivity index (χ2n) is 5.20. The average Bonchev–Trinajstić information content (AvgIpc) is 2.51. The van der Waals surface area contributed by atoms with Crippen LogP contribution in [0.15, 0.2) is 24.3 Å². The van der Waals surface area contributed by atoms with Crippen molar-refractivity contribution in [3.8, 4) is 5.75 Å². The van der Waals surface area contributed by atoms with E-state index in [-0.39, 0.29) is 24.4 Å².